The topological polar surface area (TPSA) is 55.4 Å². The Kier molecular flexibility index (Phi) is 5.74. The van der Waals surface area contributed by atoms with Crippen molar-refractivity contribution < 1.29 is 26.3 Å². The fraction of sp³-hybridized carbons (Fsp3) is 0.294. The summed E-state index contributed by atoms with van der Waals surface area (Å²) in [6, 6.07) is 9.25. The maximum atomic E-state index is 12.7. The van der Waals surface area contributed by atoms with Crippen molar-refractivity contribution in [2.75, 3.05) is 13.2 Å². The summed E-state index contributed by atoms with van der Waals surface area (Å²) in [5.41, 5.74) is 0.901. The number of benzene rings is 2. The van der Waals surface area contributed by atoms with Gasteiger partial charge in [0, 0.05) is 6.54 Å². The standard InChI is InChI=1S/C17H18F3NO3S/c1-12-6-7-13(2)16(10-12)24-9-8-21-25(22,23)15-5-3-4-14(11-15)17(18,19)20/h3-7,10-11,21H,8-9H2,1-2H3. The Bertz CT molecular complexity index is 848. The van der Waals surface area contributed by atoms with Gasteiger partial charge in [-0.3, -0.25) is 0 Å². The van der Waals surface area contributed by atoms with Gasteiger partial charge in [-0.05, 0) is 49.2 Å². The maximum absolute atomic E-state index is 12.7. The molecule has 25 heavy (non-hydrogen) atoms. The van der Waals surface area contributed by atoms with Gasteiger partial charge in [0.2, 0.25) is 10.0 Å². The number of aryl methyl sites for hydroxylation is 2. The number of hydrogen-bond acceptors (Lipinski definition) is 3. The van der Waals surface area contributed by atoms with Crippen LogP contribution in [0, 0.1) is 13.8 Å². The summed E-state index contributed by atoms with van der Waals surface area (Å²) in [7, 11) is -4.05. The van der Waals surface area contributed by atoms with Crippen LogP contribution in [-0.4, -0.2) is 21.6 Å². The molecule has 8 heteroatoms. The second kappa shape index (κ2) is 7.45. The lowest BCUT2D eigenvalue weighted by molar-refractivity contribution is -0.137. The Hall–Kier alpha value is -2.06. The minimum Gasteiger partial charge on any atom is -0.492 e. The molecule has 2 aromatic rings. The quantitative estimate of drug-likeness (QED) is 0.786. The van der Waals surface area contributed by atoms with Crippen LogP contribution in [0.3, 0.4) is 0 Å². The fourth-order valence-corrected chi connectivity index (χ4v) is 3.18. The van der Waals surface area contributed by atoms with Crippen molar-refractivity contribution in [3.05, 3.63) is 59.2 Å². The van der Waals surface area contributed by atoms with Crippen LogP contribution in [0.15, 0.2) is 47.4 Å². The molecule has 0 bridgehead atoms. The Balaban J connectivity index is 1.99. The number of halogens is 3. The summed E-state index contributed by atoms with van der Waals surface area (Å²) >= 11 is 0. The summed E-state index contributed by atoms with van der Waals surface area (Å²) in [5.74, 6) is 0.637. The van der Waals surface area contributed by atoms with Gasteiger partial charge >= 0.3 is 6.18 Å². The molecule has 136 valence electrons. The first-order valence-electron chi connectivity index (χ1n) is 7.46. The molecule has 0 spiro atoms. The third kappa shape index (κ3) is 5.20. The van der Waals surface area contributed by atoms with Crippen LogP contribution in [0.4, 0.5) is 13.2 Å². The van der Waals surface area contributed by atoms with E-state index in [4.69, 9.17) is 4.74 Å². The highest BCUT2D eigenvalue weighted by molar-refractivity contribution is 7.89. The van der Waals surface area contributed by atoms with Crippen molar-refractivity contribution in [2.24, 2.45) is 0 Å². The second-order valence-corrected chi connectivity index (χ2v) is 7.31. The highest BCUT2D eigenvalue weighted by Gasteiger charge is 2.31. The predicted octanol–water partition coefficient (Wildman–Crippen LogP) is 3.68. The minimum absolute atomic E-state index is 0.0580. The normalized spacial score (nSPS) is 12.2. The lowest BCUT2D eigenvalue weighted by Crippen LogP contribution is -2.28. The van der Waals surface area contributed by atoms with E-state index >= 15 is 0 Å². The number of rotatable bonds is 6. The van der Waals surface area contributed by atoms with E-state index in [2.05, 4.69) is 4.72 Å². The van der Waals surface area contributed by atoms with Gasteiger partial charge in [-0.1, -0.05) is 18.2 Å². The molecular weight excluding hydrogens is 355 g/mol. The average Bonchev–Trinajstić information content (AvgIpc) is 2.54. The van der Waals surface area contributed by atoms with E-state index in [0.717, 1.165) is 29.3 Å². The highest BCUT2D eigenvalue weighted by atomic mass is 32.2. The van der Waals surface area contributed by atoms with Crippen LogP contribution in [0.25, 0.3) is 0 Å². The van der Waals surface area contributed by atoms with E-state index in [1.807, 2.05) is 32.0 Å². The Morgan fingerprint density at radius 2 is 1.80 bits per heavy atom. The van der Waals surface area contributed by atoms with Crippen molar-refractivity contribution in [2.45, 2.75) is 24.9 Å². The minimum atomic E-state index is -4.60. The smallest absolute Gasteiger partial charge is 0.416 e. The number of sulfonamides is 1. The molecule has 0 aromatic heterocycles. The van der Waals surface area contributed by atoms with Gasteiger partial charge in [-0.2, -0.15) is 13.2 Å². The van der Waals surface area contributed by atoms with E-state index in [-0.39, 0.29) is 13.2 Å². The maximum Gasteiger partial charge on any atom is 0.416 e. The average molecular weight is 373 g/mol. The van der Waals surface area contributed by atoms with Crippen molar-refractivity contribution in [1.82, 2.24) is 4.72 Å². The molecule has 2 rings (SSSR count). The molecule has 2 aromatic carbocycles. The Morgan fingerprint density at radius 3 is 2.48 bits per heavy atom. The zero-order valence-electron chi connectivity index (χ0n) is 13.7. The Labute approximate surface area is 144 Å². The molecule has 0 aliphatic heterocycles. The summed E-state index contributed by atoms with van der Waals surface area (Å²) in [6.07, 6.45) is -4.60. The zero-order valence-corrected chi connectivity index (χ0v) is 14.5. The van der Waals surface area contributed by atoms with Crippen molar-refractivity contribution in [3.63, 3.8) is 0 Å². The molecule has 0 aliphatic rings. The molecule has 1 N–H and O–H groups in total. The van der Waals surface area contributed by atoms with Crippen LogP contribution < -0.4 is 9.46 Å². The number of alkyl halides is 3. The van der Waals surface area contributed by atoms with Gasteiger partial charge in [0.15, 0.2) is 0 Å². The predicted molar refractivity (Wildman–Crippen MR) is 88.0 cm³/mol. The molecule has 4 nitrogen and oxygen atoms in total. The van der Waals surface area contributed by atoms with Crippen LogP contribution in [0.2, 0.25) is 0 Å². The van der Waals surface area contributed by atoms with Gasteiger partial charge < -0.3 is 4.74 Å². The van der Waals surface area contributed by atoms with E-state index in [1.54, 1.807) is 0 Å². The SMILES string of the molecule is Cc1ccc(C)c(OCCNS(=O)(=O)c2cccc(C(F)(F)F)c2)c1. The molecule has 0 fully saturated rings. The first-order chi connectivity index (χ1) is 11.6. The van der Waals surface area contributed by atoms with E-state index in [9.17, 15) is 21.6 Å². The Morgan fingerprint density at radius 1 is 1.08 bits per heavy atom. The number of nitrogens with one attached hydrogen (secondary N) is 1. The molecule has 0 radical (unpaired) electrons. The lowest BCUT2D eigenvalue weighted by atomic mass is 10.1. The molecule has 0 saturated carbocycles. The zero-order chi connectivity index (χ0) is 18.7. The fourth-order valence-electron chi connectivity index (χ4n) is 2.12. The van der Waals surface area contributed by atoms with Crippen molar-refractivity contribution in [3.8, 4) is 5.75 Å². The van der Waals surface area contributed by atoms with E-state index < -0.39 is 26.7 Å². The van der Waals surface area contributed by atoms with Gasteiger partial charge in [-0.25, -0.2) is 13.1 Å². The van der Waals surface area contributed by atoms with Crippen LogP contribution in [0.1, 0.15) is 16.7 Å². The lowest BCUT2D eigenvalue weighted by Gasteiger charge is -2.12. The second-order valence-electron chi connectivity index (χ2n) is 5.54. The molecular formula is C17H18F3NO3S. The third-order valence-electron chi connectivity index (χ3n) is 3.47. The number of ether oxygens (including phenoxy) is 1. The molecule has 0 aliphatic carbocycles. The molecule has 0 saturated heterocycles. The number of hydrogen-bond donors (Lipinski definition) is 1. The summed E-state index contributed by atoms with van der Waals surface area (Å²) < 4.78 is 70.0. The summed E-state index contributed by atoms with van der Waals surface area (Å²) in [5, 5.41) is 0. The largest absolute Gasteiger partial charge is 0.492 e. The molecule has 0 heterocycles. The highest BCUT2D eigenvalue weighted by Crippen LogP contribution is 2.30. The summed E-state index contributed by atoms with van der Waals surface area (Å²) in [4.78, 5) is -0.436. The van der Waals surface area contributed by atoms with Gasteiger partial charge in [0.05, 0.1) is 10.5 Å². The van der Waals surface area contributed by atoms with Gasteiger partial charge in [0.1, 0.15) is 12.4 Å². The molecule has 0 amide bonds. The summed E-state index contributed by atoms with van der Waals surface area (Å²) in [6.45, 7) is 3.76. The van der Waals surface area contributed by atoms with E-state index in [1.165, 1.54) is 0 Å². The first-order valence-corrected chi connectivity index (χ1v) is 8.95. The first kappa shape index (κ1) is 19.3. The van der Waals surface area contributed by atoms with Crippen LogP contribution in [0.5, 0.6) is 5.75 Å². The third-order valence-corrected chi connectivity index (χ3v) is 4.93. The van der Waals surface area contributed by atoms with Crippen LogP contribution >= 0.6 is 0 Å². The van der Waals surface area contributed by atoms with Crippen molar-refractivity contribution >= 4 is 10.0 Å². The van der Waals surface area contributed by atoms with Gasteiger partial charge in [-0.15, -0.1) is 0 Å². The monoisotopic (exact) mass is 373 g/mol. The molecule has 0 unspecified atom stereocenters. The van der Waals surface area contributed by atoms with Crippen LogP contribution in [-0.2, 0) is 16.2 Å². The molecule has 0 atom stereocenters. The van der Waals surface area contributed by atoms with Gasteiger partial charge in [0.25, 0.3) is 0 Å². The van der Waals surface area contributed by atoms with Crippen molar-refractivity contribution in [1.29, 1.82) is 0 Å². The van der Waals surface area contributed by atoms with E-state index in [0.29, 0.717) is 11.8 Å².